The summed E-state index contributed by atoms with van der Waals surface area (Å²) in [4.78, 5) is 11.0. The van der Waals surface area contributed by atoms with Crippen LogP contribution in [0.25, 0.3) is 0 Å². The summed E-state index contributed by atoms with van der Waals surface area (Å²) in [5.41, 5.74) is 2.00. The molecule has 2 aromatic heterocycles. The Labute approximate surface area is 109 Å². The normalized spacial score (nSPS) is 13.0. The lowest BCUT2D eigenvalue weighted by Gasteiger charge is -2.06. The van der Waals surface area contributed by atoms with E-state index in [0.717, 1.165) is 26.3 Å². The molecule has 0 bridgehead atoms. The number of aliphatic hydroxyl groups is 1. The van der Waals surface area contributed by atoms with Crippen molar-refractivity contribution in [1.29, 1.82) is 0 Å². The molecule has 1 N–H and O–H groups in total. The summed E-state index contributed by atoms with van der Waals surface area (Å²) in [6.45, 7) is 7.97. The molecule has 17 heavy (non-hydrogen) atoms. The van der Waals surface area contributed by atoms with Gasteiger partial charge in [-0.2, -0.15) is 0 Å². The molecule has 0 fully saturated rings. The SMILES string of the molecule is Cc1nc(C)c(C(O)Cc2nc(C)c(C)s2)s1. The Morgan fingerprint density at radius 1 is 1.06 bits per heavy atom. The fourth-order valence-corrected chi connectivity index (χ4v) is 3.62. The molecule has 0 spiro atoms. The molecular weight excluding hydrogens is 252 g/mol. The van der Waals surface area contributed by atoms with Crippen LogP contribution in [-0.2, 0) is 6.42 Å². The van der Waals surface area contributed by atoms with Crippen LogP contribution in [0, 0.1) is 27.7 Å². The van der Waals surface area contributed by atoms with E-state index in [4.69, 9.17) is 0 Å². The maximum atomic E-state index is 10.2. The van der Waals surface area contributed by atoms with Crippen molar-refractivity contribution in [2.45, 2.75) is 40.2 Å². The van der Waals surface area contributed by atoms with Gasteiger partial charge in [0.25, 0.3) is 0 Å². The van der Waals surface area contributed by atoms with Crippen LogP contribution in [0.2, 0.25) is 0 Å². The van der Waals surface area contributed by atoms with Crippen LogP contribution in [0.5, 0.6) is 0 Å². The van der Waals surface area contributed by atoms with E-state index in [1.807, 2.05) is 20.8 Å². The number of thiazole rings is 2. The van der Waals surface area contributed by atoms with Crippen molar-refractivity contribution >= 4 is 22.7 Å². The van der Waals surface area contributed by atoms with E-state index in [1.165, 1.54) is 4.88 Å². The predicted octanol–water partition coefficient (Wildman–Crippen LogP) is 3.11. The molecule has 0 aromatic carbocycles. The van der Waals surface area contributed by atoms with Gasteiger partial charge in [-0.3, -0.25) is 0 Å². The van der Waals surface area contributed by atoms with E-state index in [1.54, 1.807) is 22.7 Å². The van der Waals surface area contributed by atoms with Gasteiger partial charge in [0.2, 0.25) is 0 Å². The molecule has 2 heterocycles. The third-order valence-electron chi connectivity index (χ3n) is 2.68. The summed E-state index contributed by atoms with van der Waals surface area (Å²) in [7, 11) is 0. The molecule has 0 amide bonds. The largest absolute Gasteiger partial charge is 0.387 e. The minimum atomic E-state index is -0.480. The zero-order valence-corrected chi connectivity index (χ0v) is 12.1. The first kappa shape index (κ1) is 12.7. The van der Waals surface area contributed by atoms with Crippen molar-refractivity contribution < 1.29 is 5.11 Å². The van der Waals surface area contributed by atoms with Gasteiger partial charge in [-0.1, -0.05) is 0 Å². The van der Waals surface area contributed by atoms with Crippen molar-refractivity contribution in [3.8, 4) is 0 Å². The van der Waals surface area contributed by atoms with Crippen LogP contribution in [0.15, 0.2) is 0 Å². The van der Waals surface area contributed by atoms with Gasteiger partial charge in [0, 0.05) is 11.3 Å². The van der Waals surface area contributed by atoms with Gasteiger partial charge in [0.15, 0.2) is 0 Å². The molecule has 1 atom stereocenters. The van der Waals surface area contributed by atoms with Crippen LogP contribution in [0.4, 0.5) is 0 Å². The molecule has 0 saturated carbocycles. The summed E-state index contributed by atoms with van der Waals surface area (Å²) in [5, 5.41) is 12.2. The highest BCUT2D eigenvalue weighted by atomic mass is 32.1. The molecule has 0 aliphatic heterocycles. The Bertz CT molecular complexity index is 511. The van der Waals surface area contributed by atoms with Crippen LogP contribution >= 0.6 is 22.7 Å². The Morgan fingerprint density at radius 2 is 1.76 bits per heavy atom. The minimum absolute atomic E-state index is 0.480. The third-order valence-corrected chi connectivity index (χ3v) is 4.95. The molecule has 92 valence electrons. The monoisotopic (exact) mass is 268 g/mol. The number of rotatable bonds is 3. The van der Waals surface area contributed by atoms with Gasteiger partial charge in [0.1, 0.15) is 0 Å². The molecular formula is C12H16N2OS2. The summed E-state index contributed by atoms with van der Waals surface area (Å²) in [6.07, 6.45) is 0.105. The first-order valence-electron chi connectivity index (χ1n) is 5.52. The lowest BCUT2D eigenvalue weighted by molar-refractivity contribution is 0.181. The molecule has 0 aliphatic rings. The highest BCUT2D eigenvalue weighted by Crippen LogP contribution is 2.29. The highest BCUT2D eigenvalue weighted by Gasteiger charge is 2.17. The molecule has 3 nitrogen and oxygen atoms in total. The standard InChI is InChI=1S/C12H16N2OS2/c1-6-8(3)16-11(14-6)5-10(15)12-7(2)13-9(4)17-12/h10,15H,5H2,1-4H3. The van der Waals surface area contributed by atoms with E-state index in [2.05, 4.69) is 16.9 Å². The van der Waals surface area contributed by atoms with Gasteiger partial charge in [-0.05, 0) is 27.7 Å². The number of aromatic nitrogens is 2. The molecule has 5 heteroatoms. The summed E-state index contributed by atoms with van der Waals surface area (Å²) >= 11 is 3.23. The highest BCUT2D eigenvalue weighted by molar-refractivity contribution is 7.12. The Morgan fingerprint density at radius 3 is 2.24 bits per heavy atom. The summed E-state index contributed by atoms with van der Waals surface area (Å²) in [5.74, 6) is 0. The van der Waals surface area contributed by atoms with Crippen molar-refractivity contribution in [1.82, 2.24) is 9.97 Å². The van der Waals surface area contributed by atoms with Gasteiger partial charge >= 0.3 is 0 Å². The molecule has 0 saturated heterocycles. The first-order valence-corrected chi connectivity index (χ1v) is 7.15. The second-order valence-electron chi connectivity index (χ2n) is 4.15. The van der Waals surface area contributed by atoms with Crippen LogP contribution in [0.1, 0.15) is 37.3 Å². The van der Waals surface area contributed by atoms with E-state index in [0.29, 0.717) is 6.42 Å². The van der Waals surface area contributed by atoms with E-state index >= 15 is 0 Å². The first-order chi connectivity index (χ1) is 7.97. The van der Waals surface area contributed by atoms with Crippen molar-refractivity contribution in [2.24, 2.45) is 0 Å². The lowest BCUT2D eigenvalue weighted by Crippen LogP contribution is -2.01. The van der Waals surface area contributed by atoms with Gasteiger partial charge in [-0.25, -0.2) is 9.97 Å². The van der Waals surface area contributed by atoms with E-state index < -0.39 is 6.10 Å². The fraction of sp³-hybridized carbons (Fsp3) is 0.500. The third kappa shape index (κ3) is 2.73. The zero-order valence-electron chi connectivity index (χ0n) is 10.4. The Kier molecular flexibility index (Phi) is 3.61. The van der Waals surface area contributed by atoms with E-state index in [9.17, 15) is 5.11 Å². The number of hydrogen-bond donors (Lipinski definition) is 1. The van der Waals surface area contributed by atoms with Crippen molar-refractivity contribution in [2.75, 3.05) is 0 Å². The number of aryl methyl sites for hydroxylation is 4. The minimum Gasteiger partial charge on any atom is -0.387 e. The fourth-order valence-electron chi connectivity index (χ4n) is 1.74. The van der Waals surface area contributed by atoms with Gasteiger partial charge < -0.3 is 5.11 Å². The number of hydrogen-bond acceptors (Lipinski definition) is 5. The van der Waals surface area contributed by atoms with Crippen LogP contribution < -0.4 is 0 Å². The number of nitrogens with zero attached hydrogens (tertiary/aromatic N) is 2. The molecule has 0 aliphatic carbocycles. The van der Waals surface area contributed by atoms with Crippen molar-refractivity contribution in [3.63, 3.8) is 0 Å². The maximum absolute atomic E-state index is 10.2. The maximum Gasteiger partial charge on any atom is 0.0964 e. The summed E-state index contributed by atoms with van der Waals surface area (Å²) < 4.78 is 0. The zero-order chi connectivity index (χ0) is 12.6. The average molecular weight is 268 g/mol. The van der Waals surface area contributed by atoms with Gasteiger partial charge in [-0.15, -0.1) is 22.7 Å². The topological polar surface area (TPSA) is 46.0 Å². The quantitative estimate of drug-likeness (QED) is 0.930. The number of aliphatic hydroxyl groups excluding tert-OH is 1. The van der Waals surface area contributed by atoms with Gasteiger partial charge in [0.05, 0.1) is 32.4 Å². The molecule has 0 radical (unpaired) electrons. The Hall–Kier alpha value is -0.780. The second-order valence-corrected chi connectivity index (χ2v) is 6.67. The second kappa shape index (κ2) is 4.84. The molecule has 2 rings (SSSR count). The molecule has 1 unspecified atom stereocenters. The van der Waals surface area contributed by atoms with E-state index in [-0.39, 0.29) is 0 Å². The Balaban J connectivity index is 2.16. The average Bonchev–Trinajstić information content (AvgIpc) is 2.71. The van der Waals surface area contributed by atoms with Crippen LogP contribution in [0.3, 0.4) is 0 Å². The van der Waals surface area contributed by atoms with Crippen molar-refractivity contribution in [3.05, 3.63) is 31.2 Å². The summed E-state index contributed by atoms with van der Waals surface area (Å²) in [6, 6.07) is 0. The molecule has 2 aromatic rings. The van der Waals surface area contributed by atoms with Crippen LogP contribution in [-0.4, -0.2) is 15.1 Å². The predicted molar refractivity (Wildman–Crippen MR) is 71.8 cm³/mol. The smallest absolute Gasteiger partial charge is 0.0964 e. The lowest BCUT2D eigenvalue weighted by atomic mass is 10.2.